The maximum absolute atomic E-state index is 13.3. The highest BCUT2D eigenvalue weighted by atomic mass is 32.1. The number of aromatic nitrogens is 2. The maximum Gasteiger partial charge on any atom is 0.272 e. The number of nitrogens with one attached hydrogen (secondary N) is 1. The smallest absolute Gasteiger partial charge is 0.272 e. The Hall–Kier alpha value is -2.52. The van der Waals surface area contributed by atoms with Crippen LogP contribution in [0, 0.1) is 10.6 Å². The van der Waals surface area contributed by atoms with Gasteiger partial charge in [-0.3, -0.25) is 19.1 Å². The fourth-order valence-corrected chi connectivity index (χ4v) is 4.34. The lowest BCUT2D eigenvalue weighted by Gasteiger charge is -2.36. The highest BCUT2D eigenvalue weighted by Gasteiger charge is 2.27. The Balaban J connectivity index is 1.39. The molecule has 1 aromatic carbocycles. The molecule has 3 heterocycles. The first-order chi connectivity index (χ1) is 14.5. The number of benzene rings is 1. The van der Waals surface area contributed by atoms with Crippen LogP contribution in [0.15, 0.2) is 30.5 Å². The van der Waals surface area contributed by atoms with Gasteiger partial charge in [0.2, 0.25) is 5.91 Å². The number of amides is 2. The summed E-state index contributed by atoms with van der Waals surface area (Å²) in [4.78, 5) is 34.4. The van der Waals surface area contributed by atoms with Crippen LogP contribution in [0.5, 0.6) is 0 Å². The van der Waals surface area contributed by atoms with E-state index in [1.807, 2.05) is 4.90 Å². The Morgan fingerprint density at radius 1 is 0.933 bits per heavy atom. The lowest BCUT2D eigenvalue weighted by Crippen LogP contribution is -2.52. The van der Waals surface area contributed by atoms with E-state index < -0.39 is 0 Å². The third-order valence-corrected chi connectivity index (χ3v) is 6.11. The minimum atomic E-state index is -0.344. The molecule has 9 heteroatoms. The van der Waals surface area contributed by atoms with Gasteiger partial charge in [0.15, 0.2) is 4.77 Å². The average molecular weight is 432 g/mol. The summed E-state index contributed by atoms with van der Waals surface area (Å²) >= 11 is 5.33. The first-order valence-electron chi connectivity index (χ1n) is 10.4. The summed E-state index contributed by atoms with van der Waals surface area (Å²) in [6, 6.07) is 5.88. The molecule has 0 radical (unpaired) electrons. The van der Waals surface area contributed by atoms with Crippen LogP contribution in [-0.4, -0.2) is 81.9 Å². The van der Waals surface area contributed by atoms with Crippen LogP contribution in [-0.2, 0) is 4.79 Å². The fourth-order valence-electron chi connectivity index (χ4n) is 4.08. The van der Waals surface area contributed by atoms with Crippen molar-refractivity contribution in [1.82, 2.24) is 24.3 Å². The summed E-state index contributed by atoms with van der Waals surface area (Å²) in [5.41, 5.74) is 1.06. The average Bonchev–Trinajstić information content (AvgIpc) is 3.16. The number of halogens is 1. The molecule has 2 saturated heterocycles. The van der Waals surface area contributed by atoms with E-state index in [0.29, 0.717) is 48.9 Å². The summed E-state index contributed by atoms with van der Waals surface area (Å²) in [6.07, 6.45) is 4.97. The molecule has 2 amide bonds. The van der Waals surface area contributed by atoms with Gasteiger partial charge in [-0.2, -0.15) is 0 Å². The zero-order valence-corrected chi connectivity index (χ0v) is 17.7. The summed E-state index contributed by atoms with van der Waals surface area (Å²) in [5.74, 6) is -0.289. The van der Waals surface area contributed by atoms with Crippen molar-refractivity contribution in [2.75, 3.05) is 45.8 Å². The number of likely N-dealkylation sites (tertiary alicyclic amines) is 1. The monoisotopic (exact) mass is 431 g/mol. The van der Waals surface area contributed by atoms with Gasteiger partial charge in [0.1, 0.15) is 11.5 Å². The summed E-state index contributed by atoms with van der Waals surface area (Å²) in [7, 11) is 0. The summed E-state index contributed by atoms with van der Waals surface area (Å²) in [5, 5.41) is 0. The van der Waals surface area contributed by atoms with Crippen LogP contribution in [0.25, 0.3) is 5.69 Å². The predicted molar refractivity (Wildman–Crippen MR) is 114 cm³/mol. The second-order valence-corrected chi connectivity index (χ2v) is 8.19. The number of H-pyrrole nitrogens is 1. The first-order valence-corrected chi connectivity index (χ1v) is 10.8. The minimum absolute atomic E-state index is 0.131. The van der Waals surface area contributed by atoms with Crippen molar-refractivity contribution >= 4 is 24.0 Å². The molecule has 0 bridgehead atoms. The lowest BCUT2D eigenvalue weighted by molar-refractivity contribution is -0.133. The molecule has 30 heavy (non-hydrogen) atoms. The van der Waals surface area contributed by atoms with Crippen molar-refractivity contribution in [3.8, 4) is 5.69 Å². The second kappa shape index (κ2) is 9.09. The molecule has 2 fully saturated rings. The number of piperazine rings is 1. The van der Waals surface area contributed by atoms with Gasteiger partial charge in [0.05, 0.1) is 6.54 Å². The molecular formula is C21H26FN5O2S. The number of rotatable bonds is 4. The van der Waals surface area contributed by atoms with E-state index in [9.17, 15) is 14.0 Å². The second-order valence-electron chi connectivity index (χ2n) is 7.80. The van der Waals surface area contributed by atoms with Crippen molar-refractivity contribution in [2.45, 2.75) is 19.3 Å². The molecule has 160 valence electrons. The van der Waals surface area contributed by atoms with Crippen molar-refractivity contribution in [3.63, 3.8) is 0 Å². The molecule has 0 atom stereocenters. The van der Waals surface area contributed by atoms with Gasteiger partial charge in [0.25, 0.3) is 5.91 Å². The number of nitrogens with zero attached hydrogens (tertiary/aromatic N) is 4. The van der Waals surface area contributed by atoms with Crippen molar-refractivity contribution in [2.24, 2.45) is 0 Å². The van der Waals surface area contributed by atoms with E-state index >= 15 is 0 Å². The van der Waals surface area contributed by atoms with Crippen molar-refractivity contribution in [3.05, 3.63) is 46.7 Å². The highest BCUT2D eigenvalue weighted by Crippen LogP contribution is 2.17. The van der Waals surface area contributed by atoms with Crippen LogP contribution in [0.3, 0.4) is 0 Å². The fraction of sp³-hybridized carbons (Fsp3) is 0.476. The molecule has 0 aliphatic carbocycles. The molecule has 1 aromatic heterocycles. The zero-order valence-electron chi connectivity index (χ0n) is 16.8. The van der Waals surface area contributed by atoms with Crippen LogP contribution in [0.1, 0.15) is 29.8 Å². The molecule has 0 saturated carbocycles. The highest BCUT2D eigenvalue weighted by molar-refractivity contribution is 7.71. The van der Waals surface area contributed by atoms with Crippen molar-refractivity contribution in [1.29, 1.82) is 0 Å². The van der Waals surface area contributed by atoms with Gasteiger partial charge in [-0.25, -0.2) is 4.39 Å². The third-order valence-electron chi connectivity index (χ3n) is 5.81. The van der Waals surface area contributed by atoms with E-state index in [4.69, 9.17) is 12.2 Å². The molecular weight excluding hydrogens is 405 g/mol. The Morgan fingerprint density at radius 2 is 1.60 bits per heavy atom. The zero-order chi connectivity index (χ0) is 21.1. The Morgan fingerprint density at radius 3 is 2.27 bits per heavy atom. The van der Waals surface area contributed by atoms with Gasteiger partial charge in [-0.1, -0.05) is 0 Å². The Kier molecular flexibility index (Phi) is 6.29. The van der Waals surface area contributed by atoms with Gasteiger partial charge >= 0.3 is 0 Å². The number of hydrogen-bond acceptors (Lipinski definition) is 4. The maximum atomic E-state index is 13.3. The quantitative estimate of drug-likeness (QED) is 0.756. The molecule has 2 aliphatic heterocycles. The standard InChI is InChI=1S/C21H26FN5O2S/c22-16-4-6-17(7-5-16)27-18(14-23-21(27)30)20(29)26-12-10-24(11-13-26)15-19(28)25-8-2-1-3-9-25/h4-7,14H,1-3,8-13,15H2,(H,23,30). The minimum Gasteiger partial charge on any atom is -0.342 e. The normalized spacial score (nSPS) is 17.9. The van der Waals surface area contributed by atoms with Gasteiger partial charge in [-0.15, -0.1) is 0 Å². The topological polar surface area (TPSA) is 64.6 Å². The molecule has 1 N–H and O–H groups in total. The van der Waals surface area contributed by atoms with Crippen molar-refractivity contribution < 1.29 is 14.0 Å². The number of carbonyl (C=O) groups excluding carboxylic acids is 2. The number of aromatic amines is 1. The largest absolute Gasteiger partial charge is 0.342 e. The van der Waals surface area contributed by atoms with Crippen LogP contribution in [0.4, 0.5) is 4.39 Å². The third kappa shape index (κ3) is 4.46. The number of carbonyl (C=O) groups is 2. The van der Waals surface area contributed by atoms with Gasteiger partial charge in [-0.05, 0) is 55.7 Å². The van der Waals surface area contributed by atoms with E-state index in [-0.39, 0.29) is 17.6 Å². The van der Waals surface area contributed by atoms with E-state index in [2.05, 4.69) is 9.88 Å². The Labute approximate surface area is 180 Å². The van der Waals surface area contributed by atoms with Gasteiger partial charge < -0.3 is 14.8 Å². The van der Waals surface area contributed by atoms with Crippen LogP contribution in [0.2, 0.25) is 0 Å². The van der Waals surface area contributed by atoms with Gasteiger partial charge in [0, 0.05) is 51.2 Å². The first kappa shape index (κ1) is 20.7. The number of imidazole rings is 1. The Bertz CT molecular complexity index is 957. The van der Waals surface area contributed by atoms with Crippen LogP contribution < -0.4 is 0 Å². The lowest BCUT2D eigenvalue weighted by atomic mass is 10.1. The summed E-state index contributed by atoms with van der Waals surface area (Å²) < 4.78 is 15.3. The number of piperidine rings is 1. The van der Waals surface area contributed by atoms with Crippen LogP contribution >= 0.6 is 12.2 Å². The molecule has 2 aromatic rings. The number of hydrogen-bond donors (Lipinski definition) is 1. The SMILES string of the molecule is O=C(CN1CCN(C(=O)c2c[nH]c(=S)n2-c2ccc(F)cc2)CC1)N1CCCCC1. The summed E-state index contributed by atoms with van der Waals surface area (Å²) in [6.45, 7) is 4.55. The molecule has 0 unspecified atom stereocenters. The predicted octanol–water partition coefficient (Wildman–Crippen LogP) is 2.44. The molecule has 0 spiro atoms. The molecule has 2 aliphatic rings. The van der Waals surface area contributed by atoms with E-state index in [1.54, 1.807) is 27.8 Å². The van der Waals surface area contributed by atoms with E-state index in [1.165, 1.54) is 18.6 Å². The molecule has 7 nitrogen and oxygen atoms in total. The molecule has 4 rings (SSSR count). The van der Waals surface area contributed by atoms with E-state index in [0.717, 1.165) is 25.9 Å².